The average Bonchev–Trinajstić information content (AvgIpc) is 3.91. The van der Waals surface area contributed by atoms with Gasteiger partial charge in [-0.05, 0) is 119 Å². The van der Waals surface area contributed by atoms with E-state index in [1.54, 1.807) is 28.7 Å². The van der Waals surface area contributed by atoms with E-state index in [2.05, 4.69) is 59.8 Å². The summed E-state index contributed by atoms with van der Waals surface area (Å²) in [5.41, 5.74) is -1.28. The number of rotatable bonds is 24. The van der Waals surface area contributed by atoms with Crippen LogP contribution in [-0.2, 0) is 17.3 Å². The summed E-state index contributed by atoms with van der Waals surface area (Å²) in [7, 11) is -1.80. The Morgan fingerprint density at radius 3 is 1.45 bits per heavy atom. The standard InChI is InChI=1S/C29H44O5SSi.C23H30O5S.2CH4/c1-9-11-14-22-15-16-23(35-22)18-21(10-2)27(31)26-24(30)19-25(34-28(26)32)20(3)13-12-17-33-36(7,8)29(4,5)6;1-4-6-9-17-10-11-18(29-17)13-16(5-2)22(26)21-19(25)14-20(28-23(21)27)15(3)8-7-12-24;;/h15-16,18-20,30H,9-14,17H2,1-8H3;10-11,13-15,24-25H,4-9,12H2,1-3H3;2*1H4. The second kappa shape index (κ2) is 29.0. The van der Waals surface area contributed by atoms with E-state index in [0.29, 0.717) is 55.0 Å². The van der Waals surface area contributed by atoms with Gasteiger partial charge in [0.1, 0.15) is 34.1 Å². The van der Waals surface area contributed by atoms with Crippen LogP contribution in [-0.4, -0.2) is 48.4 Å². The fourth-order valence-electron chi connectivity index (χ4n) is 6.75. The minimum atomic E-state index is -1.80. The number of carbonyl (C=O) groups excluding carboxylic acids is 2. The Kier molecular flexibility index (Phi) is 26.4. The van der Waals surface area contributed by atoms with Crippen LogP contribution in [0.15, 0.2) is 66.0 Å². The maximum absolute atomic E-state index is 13.2. The van der Waals surface area contributed by atoms with E-state index in [1.165, 1.54) is 21.9 Å². The molecule has 3 N–H and O–H groups in total. The Bertz CT molecular complexity index is 2340. The van der Waals surface area contributed by atoms with Crippen molar-refractivity contribution in [1.29, 1.82) is 0 Å². The zero-order valence-electron chi connectivity index (χ0n) is 40.7. The van der Waals surface area contributed by atoms with Gasteiger partial charge in [0.2, 0.25) is 0 Å². The Labute approximate surface area is 410 Å². The number of aliphatic hydroxyl groups excluding tert-OH is 1. The average molecular weight is 983 g/mol. The van der Waals surface area contributed by atoms with Gasteiger partial charge in [0.25, 0.3) is 0 Å². The topological polar surface area (TPSA) is 164 Å². The molecule has 10 nitrogen and oxygen atoms in total. The molecule has 2 unspecified atom stereocenters. The third kappa shape index (κ3) is 18.0. The second-order valence-electron chi connectivity index (χ2n) is 18.3. The van der Waals surface area contributed by atoms with Crippen molar-refractivity contribution >= 4 is 54.7 Å². The molecule has 67 heavy (non-hydrogen) atoms. The van der Waals surface area contributed by atoms with Crippen molar-refractivity contribution in [2.75, 3.05) is 13.2 Å². The zero-order chi connectivity index (χ0) is 48.5. The molecule has 0 radical (unpaired) electrons. The van der Waals surface area contributed by atoms with Gasteiger partial charge in [-0.25, -0.2) is 9.59 Å². The quantitative estimate of drug-likeness (QED) is 0.0266. The van der Waals surface area contributed by atoms with E-state index in [1.807, 2.05) is 45.9 Å². The van der Waals surface area contributed by atoms with Crippen molar-refractivity contribution < 1.29 is 38.2 Å². The van der Waals surface area contributed by atoms with E-state index >= 15 is 0 Å². The van der Waals surface area contributed by atoms with Crippen molar-refractivity contribution in [2.45, 2.75) is 184 Å². The fraction of sp³-hybridized carbons (Fsp3) is 0.556. The van der Waals surface area contributed by atoms with E-state index in [0.717, 1.165) is 61.1 Å². The van der Waals surface area contributed by atoms with Gasteiger partial charge in [-0.2, -0.15) is 0 Å². The van der Waals surface area contributed by atoms with Gasteiger partial charge in [0, 0.05) is 67.8 Å². The van der Waals surface area contributed by atoms with Crippen LogP contribution in [0.1, 0.15) is 205 Å². The molecule has 4 aromatic heterocycles. The van der Waals surface area contributed by atoms with Crippen LogP contribution in [0.2, 0.25) is 18.1 Å². The van der Waals surface area contributed by atoms with Crippen LogP contribution in [0.25, 0.3) is 12.2 Å². The molecule has 4 heterocycles. The maximum Gasteiger partial charge on any atom is 0.351 e. The monoisotopic (exact) mass is 983 g/mol. The summed E-state index contributed by atoms with van der Waals surface area (Å²) in [5.74, 6) is -1.16. The number of aliphatic hydroxyl groups is 1. The Morgan fingerprint density at radius 2 is 1.10 bits per heavy atom. The lowest BCUT2D eigenvalue weighted by Gasteiger charge is -2.36. The highest BCUT2D eigenvalue weighted by Crippen LogP contribution is 2.37. The normalized spacial score (nSPS) is 13.0. The molecule has 0 aliphatic carbocycles. The smallest absolute Gasteiger partial charge is 0.351 e. The van der Waals surface area contributed by atoms with Crippen LogP contribution in [0.3, 0.4) is 0 Å². The van der Waals surface area contributed by atoms with Crippen molar-refractivity contribution in [2.24, 2.45) is 0 Å². The van der Waals surface area contributed by atoms with Crippen LogP contribution >= 0.6 is 22.7 Å². The minimum absolute atomic E-state index is 0. The first-order valence-corrected chi connectivity index (χ1v) is 27.9. The van der Waals surface area contributed by atoms with E-state index in [4.69, 9.17) is 18.4 Å². The molecule has 0 bridgehead atoms. The molecular weight excluding hydrogens is 901 g/mol. The van der Waals surface area contributed by atoms with Gasteiger partial charge in [0.15, 0.2) is 19.9 Å². The summed E-state index contributed by atoms with van der Waals surface area (Å²) in [6, 6.07) is 10.9. The molecule has 2 atom stereocenters. The molecule has 4 rings (SSSR count). The number of unbranched alkanes of at least 4 members (excludes halogenated alkanes) is 2. The highest BCUT2D eigenvalue weighted by atomic mass is 32.1. The molecule has 4 aromatic rings. The second-order valence-corrected chi connectivity index (χ2v) is 25.5. The molecule has 0 saturated carbocycles. The molecule has 0 amide bonds. The lowest BCUT2D eigenvalue weighted by molar-refractivity contribution is 0.101. The molecule has 0 aliphatic heterocycles. The summed E-state index contributed by atoms with van der Waals surface area (Å²) in [4.78, 5) is 55.8. The van der Waals surface area contributed by atoms with E-state index < -0.39 is 31.1 Å². The van der Waals surface area contributed by atoms with Gasteiger partial charge in [-0.15, -0.1) is 22.7 Å². The van der Waals surface area contributed by atoms with E-state index in [9.17, 15) is 29.4 Å². The first-order chi connectivity index (χ1) is 30.7. The first-order valence-electron chi connectivity index (χ1n) is 23.4. The Balaban J connectivity index is 0.000000664. The molecular formula is C54H82O10S2Si. The molecule has 374 valence electrons. The molecule has 0 aromatic carbocycles. The van der Waals surface area contributed by atoms with Crippen LogP contribution in [0.5, 0.6) is 11.5 Å². The number of ketones is 2. The lowest BCUT2D eigenvalue weighted by atomic mass is 9.98. The molecule has 0 fully saturated rings. The number of aromatic hydroxyl groups is 2. The number of allylic oxidation sites excluding steroid dienone is 2. The molecule has 0 spiro atoms. The third-order valence-corrected chi connectivity index (χ3v) is 18.8. The van der Waals surface area contributed by atoms with Gasteiger partial charge in [-0.1, -0.05) is 90.0 Å². The predicted octanol–water partition coefficient (Wildman–Crippen LogP) is 14.9. The number of aryl methyl sites for hydroxylation is 2. The number of thiophene rings is 2. The fourth-order valence-corrected chi connectivity index (χ4v) is 9.89. The first kappa shape index (κ1) is 60.9. The summed E-state index contributed by atoms with van der Waals surface area (Å²) in [6.07, 6.45) is 13.8. The number of carbonyl (C=O) groups is 2. The van der Waals surface area contributed by atoms with E-state index in [-0.39, 0.29) is 61.0 Å². The predicted molar refractivity (Wildman–Crippen MR) is 283 cm³/mol. The highest BCUT2D eigenvalue weighted by molar-refractivity contribution is 7.13. The third-order valence-electron chi connectivity index (χ3n) is 12.1. The SMILES string of the molecule is C.C.CCCCc1ccc(C=C(CC)C(=O)c2c(O)cc(C(C)CCCO)oc2=O)s1.CCCCc1ccc(C=C(CC)C(=O)c2c(O)cc(C(C)CCCO[Si](C)(C)C(C)(C)C)oc2=O)s1. The lowest BCUT2D eigenvalue weighted by Crippen LogP contribution is -2.41. The van der Waals surface area contributed by atoms with Gasteiger partial charge in [-0.3, -0.25) is 9.59 Å². The highest BCUT2D eigenvalue weighted by Gasteiger charge is 2.37. The van der Waals surface area contributed by atoms with Gasteiger partial charge < -0.3 is 28.6 Å². The number of hydrogen-bond acceptors (Lipinski definition) is 12. The zero-order valence-corrected chi connectivity index (χ0v) is 43.3. The molecule has 13 heteroatoms. The maximum atomic E-state index is 13.2. The minimum Gasteiger partial charge on any atom is -0.507 e. The van der Waals surface area contributed by atoms with Crippen molar-refractivity contribution in [1.82, 2.24) is 0 Å². The van der Waals surface area contributed by atoms with Crippen LogP contribution in [0.4, 0.5) is 0 Å². The van der Waals surface area contributed by atoms with Crippen molar-refractivity contribution in [3.8, 4) is 11.5 Å². The van der Waals surface area contributed by atoms with Gasteiger partial charge >= 0.3 is 11.3 Å². The van der Waals surface area contributed by atoms with Crippen molar-refractivity contribution in [3.63, 3.8) is 0 Å². The molecule has 0 aliphatic rings. The van der Waals surface area contributed by atoms with Crippen LogP contribution in [0, 0.1) is 0 Å². The Hall–Kier alpha value is -4.14. The summed E-state index contributed by atoms with van der Waals surface area (Å²) in [5, 5.41) is 30.1. The summed E-state index contributed by atoms with van der Waals surface area (Å²) >= 11 is 3.29. The van der Waals surface area contributed by atoms with Gasteiger partial charge in [0.05, 0.1) is 0 Å². The molecule has 0 saturated heterocycles. The largest absolute Gasteiger partial charge is 0.507 e. The van der Waals surface area contributed by atoms with Crippen molar-refractivity contribution in [3.05, 3.63) is 111 Å². The summed E-state index contributed by atoms with van der Waals surface area (Å²) in [6.45, 7) is 23.6. The number of hydrogen-bond donors (Lipinski definition) is 3. The Morgan fingerprint density at radius 1 is 0.701 bits per heavy atom. The van der Waals surface area contributed by atoms with Crippen LogP contribution < -0.4 is 11.3 Å². The summed E-state index contributed by atoms with van der Waals surface area (Å²) < 4.78 is 17.1. The number of Topliss-reactive ketones (excluding diaryl/α,β-unsaturated/α-hetero) is 2.